The van der Waals surface area contributed by atoms with Crippen molar-refractivity contribution in [1.82, 2.24) is 24.6 Å². The zero-order valence-electron chi connectivity index (χ0n) is 14.1. The molecule has 3 fully saturated rings. The van der Waals surface area contributed by atoms with Crippen molar-refractivity contribution in [3.8, 4) is 0 Å². The SMILES string of the molecule is Cn1cnc(C(=O)N2CC[C@@H]3[C@@H](CO[C@H]3CN3CCOCC3)C2)n1. The van der Waals surface area contributed by atoms with Gasteiger partial charge in [0.15, 0.2) is 0 Å². The van der Waals surface area contributed by atoms with Gasteiger partial charge in [-0.25, -0.2) is 4.98 Å². The summed E-state index contributed by atoms with van der Waals surface area (Å²) in [5.41, 5.74) is 0. The molecule has 24 heavy (non-hydrogen) atoms. The standard InChI is InChI=1S/C16H25N5O3/c1-19-11-17-15(18-19)16(22)21-3-2-13-12(8-21)10-24-14(13)9-20-4-6-23-7-5-20/h11-14H,2-10H2,1H3/t12-,13-,14+/m1/s1. The minimum atomic E-state index is -0.0642. The Bertz CT molecular complexity index is 586. The highest BCUT2D eigenvalue weighted by Crippen LogP contribution is 2.35. The van der Waals surface area contributed by atoms with Crippen molar-refractivity contribution in [1.29, 1.82) is 0 Å². The molecule has 3 atom stereocenters. The fourth-order valence-electron chi connectivity index (χ4n) is 4.08. The number of piperidine rings is 1. The number of morpholine rings is 1. The van der Waals surface area contributed by atoms with E-state index in [1.807, 2.05) is 4.90 Å². The predicted molar refractivity (Wildman–Crippen MR) is 85.5 cm³/mol. The Labute approximate surface area is 141 Å². The van der Waals surface area contributed by atoms with E-state index >= 15 is 0 Å². The first-order valence-electron chi connectivity index (χ1n) is 8.77. The summed E-state index contributed by atoms with van der Waals surface area (Å²) in [6.07, 6.45) is 2.85. The Hall–Kier alpha value is -1.51. The van der Waals surface area contributed by atoms with Crippen molar-refractivity contribution in [2.24, 2.45) is 18.9 Å². The van der Waals surface area contributed by atoms with Gasteiger partial charge in [0, 0.05) is 45.7 Å². The van der Waals surface area contributed by atoms with Crippen molar-refractivity contribution in [2.45, 2.75) is 12.5 Å². The van der Waals surface area contributed by atoms with Crippen LogP contribution in [0.5, 0.6) is 0 Å². The molecule has 4 rings (SSSR count). The number of aryl methyl sites for hydroxylation is 1. The number of carbonyl (C=O) groups excluding carboxylic acids is 1. The molecule has 0 aliphatic carbocycles. The molecule has 3 aliphatic heterocycles. The van der Waals surface area contributed by atoms with E-state index in [4.69, 9.17) is 9.47 Å². The van der Waals surface area contributed by atoms with E-state index in [1.165, 1.54) is 0 Å². The maximum Gasteiger partial charge on any atom is 0.293 e. The van der Waals surface area contributed by atoms with Crippen molar-refractivity contribution < 1.29 is 14.3 Å². The Kier molecular flexibility index (Phi) is 4.51. The Morgan fingerprint density at radius 1 is 1.33 bits per heavy atom. The average Bonchev–Trinajstić information content (AvgIpc) is 3.21. The lowest BCUT2D eigenvalue weighted by Crippen LogP contribution is -2.47. The lowest BCUT2D eigenvalue weighted by atomic mass is 9.84. The Morgan fingerprint density at radius 3 is 2.92 bits per heavy atom. The molecular formula is C16H25N5O3. The summed E-state index contributed by atoms with van der Waals surface area (Å²) in [6.45, 7) is 6.88. The highest BCUT2D eigenvalue weighted by Gasteiger charge is 2.42. The fourth-order valence-corrected chi connectivity index (χ4v) is 4.08. The van der Waals surface area contributed by atoms with Crippen LogP contribution in [0.25, 0.3) is 0 Å². The van der Waals surface area contributed by atoms with Gasteiger partial charge in [-0.1, -0.05) is 0 Å². The zero-order valence-corrected chi connectivity index (χ0v) is 14.1. The molecule has 1 aromatic heterocycles. The summed E-state index contributed by atoms with van der Waals surface area (Å²) in [4.78, 5) is 20.9. The monoisotopic (exact) mass is 335 g/mol. The van der Waals surface area contributed by atoms with Crippen LogP contribution in [-0.4, -0.2) is 89.1 Å². The molecule has 132 valence electrons. The topological polar surface area (TPSA) is 72.7 Å². The Balaban J connectivity index is 1.34. The fraction of sp³-hybridized carbons (Fsp3) is 0.812. The largest absolute Gasteiger partial charge is 0.379 e. The van der Waals surface area contributed by atoms with E-state index in [0.717, 1.165) is 59.0 Å². The van der Waals surface area contributed by atoms with Crippen molar-refractivity contribution in [2.75, 3.05) is 52.5 Å². The number of aromatic nitrogens is 3. The van der Waals surface area contributed by atoms with Crippen molar-refractivity contribution >= 4 is 5.91 Å². The molecule has 3 saturated heterocycles. The van der Waals surface area contributed by atoms with E-state index in [2.05, 4.69) is 15.0 Å². The maximum absolute atomic E-state index is 12.5. The van der Waals surface area contributed by atoms with Crippen LogP contribution in [-0.2, 0) is 16.5 Å². The number of carbonyl (C=O) groups is 1. The molecule has 1 amide bonds. The normalized spacial score (nSPS) is 31.2. The van der Waals surface area contributed by atoms with E-state index in [0.29, 0.717) is 23.8 Å². The number of ether oxygens (including phenoxy) is 2. The molecule has 0 N–H and O–H groups in total. The van der Waals surface area contributed by atoms with Gasteiger partial charge in [0.2, 0.25) is 5.82 Å². The second-order valence-electron chi connectivity index (χ2n) is 6.99. The molecule has 3 aliphatic rings. The summed E-state index contributed by atoms with van der Waals surface area (Å²) in [5, 5.41) is 4.13. The summed E-state index contributed by atoms with van der Waals surface area (Å²) in [5.74, 6) is 1.21. The summed E-state index contributed by atoms with van der Waals surface area (Å²) < 4.78 is 13.1. The minimum Gasteiger partial charge on any atom is -0.379 e. The molecule has 0 saturated carbocycles. The third-order valence-electron chi connectivity index (χ3n) is 5.41. The highest BCUT2D eigenvalue weighted by molar-refractivity contribution is 5.90. The van der Waals surface area contributed by atoms with Gasteiger partial charge < -0.3 is 14.4 Å². The lowest BCUT2D eigenvalue weighted by Gasteiger charge is -2.36. The van der Waals surface area contributed by atoms with Crippen molar-refractivity contribution in [3.05, 3.63) is 12.2 Å². The quantitative estimate of drug-likeness (QED) is 0.750. The third-order valence-corrected chi connectivity index (χ3v) is 5.41. The summed E-state index contributed by atoms with van der Waals surface area (Å²) in [7, 11) is 1.77. The number of hydrogen-bond acceptors (Lipinski definition) is 6. The molecule has 4 heterocycles. The second-order valence-corrected chi connectivity index (χ2v) is 6.99. The van der Waals surface area contributed by atoms with Gasteiger partial charge in [-0.2, -0.15) is 0 Å². The van der Waals surface area contributed by atoms with Gasteiger partial charge in [0.05, 0.1) is 25.9 Å². The molecule has 0 bridgehead atoms. The number of rotatable bonds is 3. The number of likely N-dealkylation sites (tertiary alicyclic amines) is 1. The number of amides is 1. The summed E-state index contributed by atoms with van der Waals surface area (Å²) in [6, 6.07) is 0. The van der Waals surface area contributed by atoms with Crippen LogP contribution in [0.2, 0.25) is 0 Å². The molecule has 0 spiro atoms. The van der Waals surface area contributed by atoms with Crippen LogP contribution >= 0.6 is 0 Å². The second kappa shape index (κ2) is 6.78. The number of hydrogen-bond donors (Lipinski definition) is 0. The molecule has 0 radical (unpaired) electrons. The zero-order chi connectivity index (χ0) is 16.5. The van der Waals surface area contributed by atoms with Crippen molar-refractivity contribution in [3.63, 3.8) is 0 Å². The van der Waals surface area contributed by atoms with E-state index < -0.39 is 0 Å². The number of fused-ring (bicyclic) bond motifs is 1. The average molecular weight is 335 g/mol. The van der Waals surface area contributed by atoms with Crippen LogP contribution in [0.3, 0.4) is 0 Å². The molecule has 0 unspecified atom stereocenters. The minimum absolute atomic E-state index is 0.0642. The molecule has 8 heteroatoms. The van der Waals surface area contributed by atoms with Crippen LogP contribution in [0.1, 0.15) is 17.0 Å². The van der Waals surface area contributed by atoms with Gasteiger partial charge in [0.1, 0.15) is 6.33 Å². The first-order chi connectivity index (χ1) is 11.7. The van der Waals surface area contributed by atoms with Gasteiger partial charge in [-0.05, 0) is 12.3 Å². The van der Waals surface area contributed by atoms with Gasteiger partial charge in [-0.15, -0.1) is 5.10 Å². The Morgan fingerprint density at radius 2 is 2.17 bits per heavy atom. The van der Waals surface area contributed by atoms with Crippen LogP contribution in [0.15, 0.2) is 6.33 Å². The smallest absolute Gasteiger partial charge is 0.293 e. The number of nitrogens with zero attached hydrogens (tertiary/aromatic N) is 5. The van der Waals surface area contributed by atoms with Crippen LogP contribution in [0.4, 0.5) is 0 Å². The highest BCUT2D eigenvalue weighted by atomic mass is 16.5. The maximum atomic E-state index is 12.5. The molecule has 8 nitrogen and oxygen atoms in total. The summed E-state index contributed by atoms with van der Waals surface area (Å²) >= 11 is 0. The van der Waals surface area contributed by atoms with Gasteiger partial charge >= 0.3 is 0 Å². The molecule has 0 aromatic carbocycles. The third kappa shape index (κ3) is 3.18. The molecule has 1 aromatic rings. The molecular weight excluding hydrogens is 310 g/mol. The van der Waals surface area contributed by atoms with Crippen LogP contribution in [0, 0.1) is 11.8 Å². The van der Waals surface area contributed by atoms with E-state index in [9.17, 15) is 4.79 Å². The van der Waals surface area contributed by atoms with Gasteiger partial charge in [0.25, 0.3) is 5.91 Å². The predicted octanol–water partition coefficient (Wildman–Crippen LogP) is -0.376. The van der Waals surface area contributed by atoms with Gasteiger partial charge in [-0.3, -0.25) is 14.4 Å². The first-order valence-corrected chi connectivity index (χ1v) is 8.77. The van der Waals surface area contributed by atoms with E-state index in [1.54, 1.807) is 18.1 Å². The van der Waals surface area contributed by atoms with E-state index in [-0.39, 0.29) is 5.91 Å². The van der Waals surface area contributed by atoms with Crippen LogP contribution < -0.4 is 0 Å². The lowest BCUT2D eigenvalue weighted by molar-refractivity contribution is -0.00253. The first kappa shape index (κ1) is 16.0.